The van der Waals surface area contributed by atoms with Gasteiger partial charge in [-0.15, -0.1) is 11.3 Å². The van der Waals surface area contributed by atoms with Crippen LogP contribution >= 0.6 is 11.3 Å². The summed E-state index contributed by atoms with van der Waals surface area (Å²) in [4.78, 5) is 24.8. The molecule has 0 spiro atoms. The largest absolute Gasteiger partial charge is 0.340 e. The molecule has 26 heavy (non-hydrogen) atoms. The molecular formula is C17H21N3O4S2. The Bertz CT molecular complexity index is 893. The fourth-order valence-electron chi connectivity index (χ4n) is 2.09. The molecule has 1 atom stereocenters. The molecule has 0 saturated heterocycles. The highest BCUT2D eigenvalue weighted by Gasteiger charge is 2.17. The molecule has 2 aromatic rings. The molecule has 1 unspecified atom stereocenters. The van der Waals surface area contributed by atoms with E-state index >= 15 is 0 Å². The van der Waals surface area contributed by atoms with Crippen molar-refractivity contribution >= 4 is 44.5 Å². The number of anilines is 2. The highest BCUT2D eigenvalue weighted by Crippen LogP contribution is 2.21. The Labute approximate surface area is 156 Å². The number of rotatable bonds is 7. The maximum absolute atomic E-state index is 12.3. The third kappa shape index (κ3) is 5.30. The van der Waals surface area contributed by atoms with Gasteiger partial charge in [0.15, 0.2) is 0 Å². The first-order valence-electron chi connectivity index (χ1n) is 7.98. The first-order chi connectivity index (χ1) is 12.2. The predicted octanol–water partition coefficient (Wildman–Crippen LogP) is 2.58. The minimum atomic E-state index is -3.36. The Morgan fingerprint density at radius 1 is 1.23 bits per heavy atom. The van der Waals surface area contributed by atoms with Gasteiger partial charge in [0.1, 0.15) is 6.04 Å². The minimum Gasteiger partial charge on any atom is -0.340 e. The van der Waals surface area contributed by atoms with E-state index in [0.29, 0.717) is 21.8 Å². The average molecular weight is 396 g/mol. The molecule has 0 aliphatic heterocycles. The van der Waals surface area contributed by atoms with E-state index in [1.54, 1.807) is 56.5 Å². The number of hydrogen-bond acceptors (Lipinski definition) is 5. The van der Waals surface area contributed by atoms with Crippen LogP contribution in [0.2, 0.25) is 0 Å². The number of benzene rings is 1. The number of carbonyl (C=O) groups is 2. The second-order valence-electron chi connectivity index (χ2n) is 5.70. The van der Waals surface area contributed by atoms with E-state index in [9.17, 15) is 18.0 Å². The summed E-state index contributed by atoms with van der Waals surface area (Å²) in [6, 6.07) is 7.59. The summed E-state index contributed by atoms with van der Waals surface area (Å²) in [6.07, 6.45) is 0. The highest BCUT2D eigenvalue weighted by molar-refractivity contribution is 7.92. The molecule has 0 aliphatic carbocycles. The van der Waals surface area contributed by atoms with Gasteiger partial charge in [-0.3, -0.25) is 14.3 Å². The van der Waals surface area contributed by atoms with Crippen LogP contribution in [0.3, 0.4) is 0 Å². The predicted molar refractivity (Wildman–Crippen MR) is 104 cm³/mol. The highest BCUT2D eigenvalue weighted by atomic mass is 32.2. The molecule has 1 heterocycles. The second kappa shape index (κ2) is 8.33. The zero-order chi connectivity index (χ0) is 19.3. The van der Waals surface area contributed by atoms with Gasteiger partial charge in [-0.25, -0.2) is 8.42 Å². The maximum Gasteiger partial charge on any atom is 0.261 e. The van der Waals surface area contributed by atoms with E-state index in [2.05, 4.69) is 15.4 Å². The van der Waals surface area contributed by atoms with Crippen LogP contribution in [0.4, 0.5) is 11.4 Å². The quantitative estimate of drug-likeness (QED) is 0.670. The van der Waals surface area contributed by atoms with Crippen molar-refractivity contribution in [3.05, 3.63) is 46.2 Å². The number of aryl methyl sites for hydroxylation is 1. The molecule has 140 valence electrons. The van der Waals surface area contributed by atoms with E-state index in [-0.39, 0.29) is 17.6 Å². The van der Waals surface area contributed by atoms with E-state index in [1.807, 2.05) is 0 Å². The van der Waals surface area contributed by atoms with E-state index in [4.69, 9.17) is 0 Å². The van der Waals surface area contributed by atoms with Gasteiger partial charge in [0.2, 0.25) is 15.9 Å². The summed E-state index contributed by atoms with van der Waals surface area (Å²) in [7, 11) is -3.36. The molecule has 2 rings (SSSR count). The Balaban J connectivity index is 2.00. The van der Waals surface area contributed by atoms with Crippen molar-refractivity contribution < 1.29 is 18.0 Å². The number of amides is 2. The molecule has 0 bridgehead atoms. The molecule has 0 aliphatic rings. The minimum absolute atomic E-state index is 0.0214. The first kappa shape index (κ1) is 19.9. The molecule has 0 saturated carbocycles. The van der Waals surface area contributed by atoms with E-state index < -0.39 is 16.1 Å². The summed E-state index contributed by atoms with van der Waals surface area (Å²) in [5.41, 5.74) is 1.66. The van der Waals surface area contributed by atoms with E-state index in [1.165, 1.54) is 11.3 Å². The first-order valence-corrected chi connectivity index (χ1v) is 10.5. The summed E-state index contributed by atoms with van der Waals surface area (Å²) in [6.45, 7) is 4.89. The lowest BCUT2D eigenvalue weighted by atomic mass is 10.2. The van der Waals surface area contributed by atoms with Crippen molar-refractivity contribution in [1.82, 2.24) is 5.32 Å². The van der Waals surface area contributed by atoms with Crippen LogP contribution < -0.4 is 15.4 Å². The van der Waals surface area contributed by atoms with Gasteiger partial charge in [-0.1, -0.05) is 6.07 Å². The number of carbonyl (C=O) groups excluding carboxylic acids is 2. The standard InChI is InChI=1S/C17H21N3O4S2/c1-4-26(23,24)20-14-8-7-13(10-11(14)2)19-16(21)12(3)18-17(22)15-6-5-9-25-15/h5-10,12,20H,4H2,1-3H3,(H,18,22)(H,19,21). The van der Waals surface area contributed by atoms with Gasteiger partial charge in [-0.05, 0) is 56.0 Å². The third-order valence-electron chi connectivity index (χ3n) is 3.63. The van der Waals surface area contributed by atoms with Crippen molar-refractivity contribution in [3.8, 4) is 0 Å². The van der Waals surface area contributed by atoms with Gasteiger partial charge in [0.25, 0.3) is 5.91 Å². The van der Waals surface area contributed by atoms with Crippen LogP contribution in [0.1, 0.15) is 29.1 Å². The lowest BCUT2D eigenvalue weighted by Crippen LogP contribution is -2.41. The smallest absolute Gasteiger partial charge is 0.261 e. The molecule has 2 amide bonds. The van der Waals surface area contributed by atoms with Crippen LogP contribution in [0.25, 0.3) is 0 Å². The molecule has 9 heteroatoms. The van der Waals surface area contributed by atoms with Gasteiger partial charge >= 0.3 is 0 Å². The van der Waals surface area contributed by atoms with Gasteiger partial charge in [-0.2, -0.15) is 0 Å². The Morgan fingerprint density at radius 2 is 1.96 bits per heavy atom. The fourth-order valence-corrected chi connectivity index (χ4v) is 3.42. The maximum atomic E-state index is 12.3. The Hall–Kier alpha value is -2.39. The van der Waals surface area contributed by atoms with Crippen LogP contribution in [0.5, 0.6) is 0 Å². The normalized spacial score (nSPS) is 12.3. The summed E-state index contributed by atoms with van der Waals surface area (Å²) < 4.78 is 25.8. The molecule has 3 N–H and O–H groups in total. The topological polar surface area (TPSA) is 104 Å². The molecule has 0 radical (unpaired) electrons. The van der Waals surface area contributed by atoms with Gasteiger partial charge in [0, 0.05) is 5.69 Å². The van der Waals surface area contributed by atoms with E-state index in [0.717, 1.165) is 0 Å². The summed E-state index contributed by atoms with van der Waals surface area (Å²) in [5, 5.41) is 7.13. The lowest BCUT2D eigenvalue weighted by molar-refractivity contribution is -0.117. The average Bonchev–Trinajstić information content (AvgIpc) is 3.12. The fraction of sp³-hybridized carbons (Fsp3) is 0.294. The molecule has 1 aromatic heterocycles. The van der Waals surface area contributed by atoms with Gasteiger partial charge < -0.3 is 10.6 Å². The van der Waals surface area contributed by atoms with Crippen molar-refractivity contribution in [1.29, 1.82) is 0 Å². The molecule has 7 nitrogen and oxygen atoms in total. The number of thiophene rings is 1. The monoisotopic (exact) mass is 395 g/mol. The lowest BCUT2D eigenvalue weighted by Gasteiger charge is -2.15. The zero-order valence-electron chi connectivity index (χ0n) is 14.7. The molecular weight excluding hydrogens is 374 g/mol. The second-order valence-corrected chi connectivity index (χ2v) is 8.66. The molecule has 0 fully saturated rings. The zero-order valence-corrected chi connectivity index (χ0v) is 16.3. The van der Waals surface area contributed by atoms with Crippen LogP contribution in [-0.2, 0) is 14.8 Å². The summed E-state index contributed by atoms with van der Waals surface area (Å²) in [5.74, 6) is -0.689. The molecule has 1 aromatic carbocycles. The van der Waals surface area contributed by atoms with Crippen molar-refractivity contribution in [2.45, 2.75) is 26.8 Å². The summed E-state index contributed by atoms with van der Waals surface area (Å²) >= 11 is 1.30. The number of hydrogen-bond donors (Lipinski definition) is 3. The SMILES string of the molecule is CCS(=O)(=O)Nc1ccc(NC(=O)C(C)NC(=O)c2cccs2)cc1C. The van der Waals surface area contributed by atoms with Gasteiger partial charge in [0.05, 0.1) is 16.3 Å². The Morgan fingerprint density at radius 3 is 2.54 bits per heavy atom. The van der Waals surface area contributed by atoms with Crippen molar-refractivity contribution in [3.63, 3.8) is 0 Å². The van der Waals surface area contributed by atoms with Crippen molar-refractivity contribution in [2.75, 3.05) is 15.8 Å². The van der Waals surface area contributed by atoms with Crippen LogP contribution in [0, 0.1) is 6.92 Å². The van der Waals surface area contributed by atoms with Crippen LogP contribution in [0.15, 0.2) is 35.7 Å². The number of sulfonamides is 1. The van der Waals surface area contributed by atoms with Crippen LogP contribution in [-0.4, -0.2) is 32.0 Å². The Kier molecular flexibility index (Phi) is 6.38. The number of nitrogens with one attached hydrogen (secondary N) is 3. The third-order valence-corrected chi connectivity index (χ3v) is 5.78. The van der Waals surface area contributed by atoms with Crippen molar-refractivity contribution in [2.24, 2.45) is 0 Å².